The Morgan fingerprint density at radius 3 is 2.80 bits per heavy atom. The van der Waals surface area contributed by atoms with Crippen molar-refractivity contribution in [3.05, 3.63) is 53.6 Å². The van der Waals surface area contributed by atoms with Crippen molar-refractivity contribution in [2.24, 2.45) is 0 Å². The molecule has 0 saturated carbocycles. The summed E-state index contributed by atoms with van der Waals surface area (Å²) in [6.45, 7) is 0.438. The summed E-state index contributed by atoms with van der Waals surface area (Å²) in [5.41, 5.74) is 2.52. The Kier molecular flexibility index (Phi) is 3.54. The first kappa shape index (κ1) is 12.9. The second kappa shape index (κ2) is 5.48. The van der Waals surface area contributed by atoms with Gasteiger partial charge in [0.2, 0.25) is 0 Å². The number of fused-ring (bicyclic) bond motifs is 1. The lowest BCUT2D eigenvalue weighted by atomic mass is 10.1. The number of benzene rings is 2. The van der Waals surface area contributed by atoms with Crippen molar-refractivity contribution in [3.63, 3.8) is 0 Å². The average molecular weight is 286 g/mol. The molecule has 0 amide bonds. The molecule has 2 aromatic carbocycles. The van der Waals surface area contributed by atoms with E-state index in [1.165, 1.54) is 0 Å². The van der Waals surface area contributed by atoms with E-state index < -0.39 is 0 Å². The molecular formula is C15H14N2O2S. The van der Waals surface area contributed by atoms with Gasteiger partial charge in [0.15, 0.2) is 5.13 Å². The molecule has 0 fully saturated rings. The lowest BCUT2D eigenvalue weighted by Gasteiger charge is -2.06. The van der Waals surface area contributed by atoms with Gasteiger partial charge in [-0.15, -0.1) is 0 Å². The van der Waals surface area contributed by atoms with Crippen LogP contribution in [-0.2, 0) is 13.2 Å². The van der Waals surface area contributed by atoms with Gasteiger partial charge in [0.25, 0.3) is 0 Å². The van der Waals surface area contributed by atoms with Crippen LogP contribution in [0.2, 0.25) is 0 Å². The van der Waals surface area contributed by atoms with E-state index in [2.05, 4.69) is 10.3 Å². The standard InChI is InChI=1S/C15H14N2O2S/c18-9-11-7-10(5-6-13(11)19)8-16-15-17-12-3-1-2-4-14(12)20-15/h1-7,18-19H,8-9H2,(H,16,17). The van der Waals surface area contributed by atoms with E-state index in [1.54, 1.807) is 23.5 Å². The zero-order chi connectivity index (χ0) is 13.9. The van der Waals surface area contributed by atoms with Crippen LogP contribution in [0.4, 0.5) is 5.13 Å². The molecule has 0 aliphatic rings. The van der Waals surface area contributed by atoms with E-state index in [-0.39, 0.29) is 12.4 Å². The third-order valence-electron chi connectivity index (χ3n) is 3.05. The Hall–Kier alpha value is -2.11. The minimum absolute atomic E-state index is 0.122. The maximum absolute atomic E-state index is 9.52. The fourth-order valence-electron chi connectivity index (χ4n) is 2.00. The van der Waals surface area contributed by atoms with Crippen LogP contribution in [0.5, 0.6) is 5.75 Å². The highest BCUT2D eigenvalue weighted by Crippen LogP contribution is 2.26. The molecule has 3 rings (SSSR count). The maximum atomic E-state index is 9.52. The molecule has 0 saturated heterocycles. The molecule has 3 N–H and O–H groups in total. The monoisotopic (exact) mass is 286 g/mol. The summed E-state index contributed by atoms with van der Waals surface area (Å²) in [5, 5.41) is 22.8. The fourth-order valence-corrected chi connectivity index (χ4v) is 2.86. The number of aromatic nitrogens is 1. The third kappa shape index (κ3) is 2.59. The molecule has 0 spiro atoms. The number of nitrogens with zero attached hydrogens (tertiary/aromatic N) is 1. The van der Waals surface area contributed by atoms with Crippen LogP contribution < -0.4 is 5.32 Å². The number of aliphatic hydroxyl groups excluding tert-OH is 1. The number of hydrogen-bond acceptors (Lipinski definition) is 5. The lowest BCUT2D eigenvalue weighted by molar-refractivity contribution is 0.275. The molecule has 20 heavy (non-hydrogen) atoms. The van der Waals surface area contributed by atoms with Gasteiger partial charge in [0, 0.05) is 12.1 Å². The number of phenols is 1. The predicted molar refractivity (Wildman–Crippen MR) is 81.0 cm³/mol. The van der Waals surface area contributed by atoms with E-state index >= 15 is 0 Å². The average Bonchev–Trinajstić information content (AvgIpc) is 2.89. The Labute approximate surface area is 120 Å². The Balaban J connectivity index is 1.75. The minimum atomic E-state index is -0.166. The van der Waals surface area contributed by atoms with Crippen LogP contribution in [-0.4, -0.2) is 15.2 Å². The van der Waals surface area contributed by atoms with Crippen LogP contribution in [0.25, 0.3) is 10.2 Å². The molecule has 4 nitrogen and oxygen atoms in total. The van der Waals surface area contributed by atoms with Gasteiger partial charge >= 0.3 is 0 Å². The lowest BCUT2D eigenvalue weighted by Crippen LogP contribution is -1.99. The van der Waals surface area contributed by atoms with Gasteiger partial charge in [-0.1, -0.05) is 29.5 Å². The smallest absolute Gasteiger partial charge is 0.184 e. The van der Waals surface area contributed by atoms with Crippen molar-refractivity contribution >= 4 is 26.7 Å². The molecular weight excluding hydrogens is 272 g/mol. The second-order valence-corrected chi connectivity index (χ2v) is 5.49. The summed E-state index contributed by atoms with van der Waals surface area (Å²) < 4.78 is 1.15. The summed E-state index contributed by atoms with van der Waals surface area (Å²) in [7, 11) is 0. The molecule has 0 atom stereocenters. The molecule has 0 radical (unpaired) electrons. The number of nitrogens with one attached hydrogen (secondary N) is 1. The van der Waals surface area contributed by atoms with Gasteiger partial charge in [0.1, 0.15) is 5.75 Å². The highest BCUT2D eigenvalue weighted by Gasteiger charge is 2.04. The Morgan fingerprint density at radius 1 is 1.15 bits per heavy atom. The molecule has 1 aromatic heterocycles. The van der Waals surface area contributed by atoms with Crippen molar-refractivity contribution < 1.29 is 10.2 Å². The highest BCUT2D eigenvalue weighted by atomic mass is 32.1. The van der Waals surface area contributed by atoms with Crippen molar-refractivity contribution in [3.8, 4) is 5.75 Å². The number of thiazole rings is 1. The maximum Gasteiger partial charge on any atom is 0.184 e. The molecule has 0 aliphatic carbocycles. The van der Waals surface area contributed by atoms with Crippen LogP contribution >= 0.6 is 11.3 Å². The Bertz CT molecular complexity index is 707. The van der Waals surface area contributed by atoms with Gasteiger partial charge in [0.05, 0.1) is 16.8 Å². The number of anilines is 1. The van der Waals surface area contributed by atoms with Gasteiger partial charge in [-0.2, -0.15) is 0 Å². The van der Waals surface area contributed by atoms with Crippen LogP contribution in [0.15, 0.2) is 42.5 Å². The van der Waals surface area contributed by atoms with Crippen LogP contribution in [0.1, 0.15) is 11.1 Å². The zero-order valence-electron chi connectivity index (χ0n) is 10.7. The van der Waals surface area contributed by atoms with Crippen molar-refractivity contribution in [1.82, 2.24) is 4.98 Å². The number of aliphatic hydroxyl groups is 1. The third-order valence-corrected chi connectivity index (χ3v) is 4.05. The van der Waals surface area contributed by atoms with Crippen LogP contribution in [0, 0.1) is 0 Å². The van der Waals surface area contributed by atoms with E-state index in [1.807, 2.05) is 30.3 Å². The molecule has 0 bridgehead atoms. The molecule has 0 aliphatic heterocycles. The number of rotatable bonds is 4. The van der Waals surface area contributed by atoms with Crippen molar-refractivity contribution in [2.75, 3.05) is 5.32 Å². The molecule has 5 heteroatoms. The predicted octanol–water partition coefficient (Wildman–Crippen LogP) is 3.11. The quantitative estimate of drug-likeness (QED) is 0.689. The topological polar surface area (TPSA) is 65.4 Å². The zero-order valence-corrected chi connectivity index (χ0v) is 11.5. The first-order chi connectivity index (χ1) is 9.76. The van der Waals surface area contributed by atoms with Gasteiger partial charge in [-0.05, 0) is 29.8 Å². The summed E-state index contributed by atoms with van der Waals surface area (Å²) in [5.74, 6) is 0.122. The molecule has 0 unspecified atom stereocenters. The van der Waals surface area contributed by atoms with Gasteiger partial charge in [-0.25, -0.2) is 4.98 Å². The summed E-state index contributed by atoms with van der Waals surface area (Å²) in [6, 6.07) is 13.2. The van der Waals surface area contributed by atoms with E-state index in [0.29, 0.717) is 12.1 Å². The SMILES string of the molecule is OCc1cc(CNc2nc3ccccc3s2)ccc1O. The molecule has 102 valence electrons. The minimum Gasteiger partial charge on any atom is -0.508 e. The fraction of sp³-hybridized carbons (Fsp3) is 0.133. The summed E-state index contributed by atoms with van der Waals surface area (Å²) in [4.78, 5) is 4.50. The summed E-state index contributed by atoms with van der Waals surface area (Å²) in [6.07, 6.45) is 0. The highest BCUT2D eigenvalue weighted by molar-refractivity contribution is 7.22. The van der Waals surface area contributed by atoms with E-state index in [4.69, 9.17) is 5.11 Å². The second-order valence-electron chi connectivity index (χ2n) is 4.46. The summed E-state index contributed by atoms with van der Waals surface area (Å²) >= 11 is 1.61. The largest absolute Gasteiger partial charge is 0.508 e. The van der Waals surface area contributed by atoms with E-state index in [0.717, 1.165) is 20.9 Å². The van der Waals surface area contributed by atoms with Crippen molar-refractivity contribution in [1.29, 1.82) is 0 Å². The van der Waals surface area contributed by atoms with Crippen molar-refractivity contribution in [2.45, 2.75) is 13.2 Å². The Morgan fingerprint density at radius 2 is 2.00 bits per heavy atom. The number of para-hydroxylation sites is 1. The number of aromatic hydroxyl groups is 1. The first-order valence-corrected chi connectivity index (χ1v) is 7.09. The number of hydrogen-bond donors (Lipinski definition) is 3. The molecule has 3 aromatic rings. The van der Waals surface area contributed by atoms with E-state index in [9.17, 15) is 5.11 Å². The van der Waals surface area contributed by atoms with Crippen LogP contribution in [0.3, 0.4) is 0 Å². The van der Waals surface area contributed by atoms with Gasteiger partial charge < -0.3 is 15.5 Å². The normalized spacial score (nSPS) is 10.8. The first-order valence-electron chi connectivity index (χ1n) is 6.27. The van der Waals surface area contributed by atoms with Gasteiger partial charge in [-0.3, -0.25) is 0 Å². The molecule has 1 heterocycles.